The lowest BCUT2D eigenvalue weighted by molar-refractivity contribution is -0.131. The molecule has 90 valence electrons. The SMILES string of the molecule is C#CC(C)NC(=O)C1(CN)CCCCCC1. The molecular weight excluding hydrogens is 200 g/mol. The maximum atomic E-state index is 12.2. The normalized spacial score (nSPS) is 21.6. The number of nitrogens with one attached hydrogen (secondary N) is 1. The van der Waals surface area contributed by atoms with E-state index in [-0.39, 0.29) is 17.4 Å². The van der Waals surface area contributed by atoms with Gasteiger partial charge in [0.2, 0.25) is 5.91 Å². The molecular formula is C13H22N2O. The highest BCUT2D eigenvalue weighted by atomic mass is 16.2. The van der Waals surface area contributed by atoms with Crippen molar-refractivity contribution in [2.24, 2.45) is 11.1 Å². The maximum Gasteiger partial charge on any atom is 0.228 e. The number of nitrogens with two attached hydrogens (primary N) is 1. The van der Waals surface area contributed by atoms with E-state index in [0.717, 1.165) is 25.7 Å². The molecule has 1 saturated carbocycles. The number of carbonyl (C=O) groups is 1. The summed E-state index contributed by atoms with van der Waals surface area (Å²) in [6.07, 6.45) is 11.7. The molecule has 1 rings (SSSR count). The maximum absolute atomic E-state index is 12.2. The van der Waals surface area contributed by atoms with Crippen molar-refractivity contribution in [2.75, 3.05) is 6.54 Å². The van der Waals surface area contributed by atoms with Crippen LogP contribution in [0.2, 0.25) is 0 Å². The fourth-order valence-corrected chi connectivity index (χ4v) is 2.32. The highest BCUT2D eigenvalue weighted by Gasteiger charge is 2.37. The Labute approximate surface area is 98.2 Å². The molecule has 3 nitrogen and oxygen atoms in total. The molecule has 0 saturated heterocycles. The first-order chi connectivity index (χ1) is 7.64. The molecule has 0 aromatic rings. The lowest BCUT2D eigenvalue weighted by Gasteiger charge is -2.30. The van der Waals surface area contributed by atoms with Crippen molar-refractivity contribution in [3.05, 3.63) is 0 Å². The van der Waals surface area contributed by atoms with Crippen molar-refractivity contribution in [3.8, 4) is 12.3 Å². The van der Waals surface area contributed by atoms with Gasteiger partial charge in [0.05, 0.1) is 11.5 Å². The summed E-state index contributed by atoms with van der Waals surface area (Å²) in [5.41, 5.74) is 5.44. The van der Waals surface area contributed by atoms with Gasteiger partial charge >= 0.3 is 0 Å². The van der Waals surface area contributed by atoms with E-state index in [0.29, 0.717) is 6.54 Å². The summed E-state index contributed by atoms with van der Waals surface area (Å²) >= 11 is 0. The van der Waals surface area contributed by atoms with Gasteiger partial charge in [-0.1, -0.05) is 31.6 Å². The molecule has 0 aromatic carbocycles. The van der Waals surface area contributed by atoms with Crippen LogP contribution in [0.15, 0.2) is 0 Å². The van der Waals surface area contributed by atoms with E-state index in [1.54, 1.807) is 0 Å². The monoisotopic (exact) mass is 222 g/mol. The van der Waals surface area contributed by atoms with Crippen LogP contribution in [0.1, 0.15) is 45.4 Å². The van der Waals surface area contributed by atoms with Gasteiger partial charge in [-0.25, -0.2) is 0 Å². The fraction of sp³-hybridized carbons (Fsp3) is 0.769. The molecule has 0 aliphatic heterocycles. The molecule has 0 radical (unpaired) electrons. The van der Waals surface area contributed by atoms with Gasteiger partial charge in [-0.3, -0.25) is 4.79 Å². The predicted molar refractivity (Wildman–Crippen MR) is 65.6 cm³/mol. The van der Waals surface area contributed by atoms with Gasteiger partial charge in [-0.15, -0.1) is 6.42 Å². The van der Waals surface area contributed by atoms with Crippen molar-refractivity contribution in [3.63, 3.8) is 0 Å². The van der Waals surface area contributed by atoms with E-state index < -0.39 is 0 Å². The number of hydrogen-bond donors (Lipinski definition) is 2. The number of carbonyl (C=O) groups excluding carboxylic acids is 1. The van der Waals surface area contributed by atoms with Crippen molar-refractivity contribution in [1.82, 2.24) is 5.32 Å². The summed E-state index contributed by atoms with van der Waals surface area (Å²) in [6, 6.07) is -0.209. The minimum atomic E-state index is -0.373. The Balaban J connectivity index is 2.70. The van der Waals surface area contributed by atoms with Gasteiger partial charge in [0.25, 0.3) is 0 Å². The van der Waals surface area contributed by atoms with Gasteiger partial charge in [-0.05, 0) is 19.8 Å². The number of hydrogen-bond acceptors (Lipinski definition) is 2. The predicted octanol–water partition coefficient (Wildman–Crippen LogP) is 1.42. The third kappa shape index (κ3) is 2.99. The van der Waals surface area contributed by atoms with Crippen LogP contribution in [0.5, 0.6) is 0 Å². The summed E-state index contributed by atoms with van der Waals surface area (Å²) in [7, 11) is 0. The molecule has 3 N–H and O–H groups in total. The highest BCUT2D eigenvalue weighted by Crippen LogP contribution is 2.34. The minimum absolute atomic E-state index is 0.0438. The van der Waals surface area contributed by atoms with Crippen LogP contribution >= 0.6 is 0 Å². The number of terminal acetylenes is 1. The topological polar surface area (TPSA) is 55.1 Å². The molecule has 0 aromatic heterocycles. The number of rotatable bonds is 3. The largest absolute Gasteiger partial charge is 0.342 e. The van der Waals surface area contributed by atoms with Crippen LogP contribution in [-0.4, -0.2) is 18.5 Å². The lowest BCUT2D eigenvalue weighted by Crippen LogP contribution is -2.48. The van der Waals surface area contributed by atoms with Crippen molar-refractivity contribution >= 4 is 5.91 Å². The zero-order chi connectivity index (χ0) is 12.0. The molecule has 0 spiro atoms. The molecule has 1 atom stereocenters. The summed E-state index contributed by atoms with van der Waals surface area (Å²) in [6.45, 7) is 2.24. The Hall–Kier alpha value is -1.01. The third-order valence-corrected chi connectivity index (χ3v) is 3.53. The Morgan fingerprint density at radius 2 is 2.00 bits per heavy atom. The first-order valence-corrected chi connectivity index (χ1v) is 6.12. The van der Waals surface area contributed by atoms with Crippen molar-refractivity contribution < 1.29 is 4.79 Å². The standard InChI is InChI=1S/C13H22N2O/c1-3-11(2)15-12(16)13(10-14)8-6-4-5-7-9-13/h1,11H,4-10,14H2,2H3,(H,15,16). The average molecular weight is 222 g/mol. The molecule has 1 amide bonds. The van der Waals surface area contributed by atoms with Crippen LogP contribution in [-0.2, 0) is 4.79 Å². The van der Waals surface area contributed by atoms with Crippen molar-refractivity contribution in [2.45, 2.75) is 51.5 Å². The molecule has 16 heavy (non-hydrogen) atoms. The quantitative estimate of drug-likeness (QED) is 0.560. The summed E-state index contributed by atoms with van der Waals surface area (Å²) in [5.74, 6) is 2.56. The molecule has 1 aliphatic rings. The van der Waals surface area contributed by atoms with Gasteiger partial charge in [0, 0.05) is 6.54 Å². The van der Waals surface area contributed by atoms with E-state index in [1.807, 2.05) is 6.92 Å². The summed E-state index contributed by atoms with van der Waals surface area (Å²) < 4.78 is 0. The van der Waals surface area contributed by atoms with E-state index in [4.69, 9.17) is 12.2 Å². The molecule has 0 heterocycles. The van der Waals surface area contributed by atoms with Gasteiger partial charge < -0.3 is 11.1 Å². The van der Waals surface area contributed by atoms with Gasteiger partial charge in [0.15, 0.2) is 0 Å². The minimum Gasteiger partial charge on any atom is -0.342 e. The van der Waals surface area contributed by atoms with E-state index >= 15 is 0 Å². The molecule has 3 heteroatoms. The van der Waals surface area contributed by atoms with Gasteiger partial charge in [0.1, 0.15) is 0 Å². The Kier molecular flexibility index (Phi) is 4.82. The Morgan fingerprint density at radius 3 is 2.44 bits per heavy atom. The zero-order valence-corrected chi connectivity index (χ0v) is 10.1. The van der Waals surface area contributed by atoms with Gasteiger partial charge in [-0.2, -0.15) is 0 Å². The van der Waals surface area contributed by atoms with Crippen LogP contribution in [0.4, 0.5) is 0 Å². The second-order valence-corrected chi connectivity index (χ2v) is 4.76. The van der Waals surface area contributed by atoms with Crippen LogP contribution in [0, 0.1) is 17.8 Å². The van der Waals surface area contributed by atoms with Crippen LogP contribution in [0.25, 0.3) is 0 Å². The zero-order valence-electron chi connectivity index (χ0n) is 10.1. The second-order valence-electron chi connectivity index (χ2n) is 4.76. The first-order valence-electron chi connectivity index (χ1n) is 6.12. The summed E-state index contributed by atoms with van der Waals surface area (Å²) in [4.78, 5) is 12.2. The molecule has 1 aliphatic carbocycles. The Morgan fingerprint density at radius 1 is 1.44 bits per heavy atom. The van der Waals surface area contributed by atoms with Crippen molar-refractivity contribution in [1.29, 1.82) is 0 Å². The van der Waals surface area contributed by atoms with E-state index in [1.165, 1.54) is 12.8 Å². The van der Waals surface area contributed by atoms with E-state index in [2.05, 4.69) is 11.2 Å². The van der Waals surface area contributed by atoms with Crippen LogP contribution < -0.4 is 11.1 Å². The molecule has 0 bridgehead atoms. The van der Waals surface area contributed by atoms with Crippen LogP contribution in [0.3, 0.4) is 0 Å². The number of amides is 1. The third-order valence-electron chi connectivity index (χ3n) is 3.53. The lowest BCUT2D eigenvalue weighted by atomic mass is 9.79. The Bertz CT molecular complexity index is 272. The fourth-order valence-electron chi connectivity index (χ4n) is 2.32. The smallest absolute Gasteiger partial charge is 0.228 e. The van der Waals surface area contributed by atoms with E-state index in [9.17, 15) is 4.79 Å². The molecule has 1 fully saturated rings. The first kappa shape index (κ1) is 13.1. The average Bonchev–Trinajstić information content (AvgIpc) is 2.54. The second kappa shape index (κ2) is 5.91. The summed E-state index contributed by atoms with van der Waals surface area (Å²) in [5, 5.41) is 2.86. The highest BCUT2D eigenvalue weighted by molar-refractivity contribution is 5.83. The molecule has 1 unspecified atom stereocenters.